The Labute approximate surface area is 110 Å². The number of rotatable bonds is 4. The van der Waals surface area contributed by atoms with Gasteiger partial charge in [0.25, 0.3) is 5.91 Å². The first kappa shape index (κ1) is 14.7. The topological polar surface area (TPSA) is 23.6 Å². The van der Waals surface area contributed by atoms with E-state index in [0.29, 0.717) is 0 Å². The number of benzene rings is 1. The van der Waals surface area contributed by atoms with Crippen molar-refractivity contribution >= 4 is 5.91 Å². The van der Waals surface area contributed by atoms with Crippen LogP contribution in [-0.4, -0.2) is 48.4 Å². The Hall–Kier alpha value is -1.35. The van der Waals surface area contributed by atoms with Crippen molar-refractivity contribution in [3.8, 4) is 0 Å². The van der Waals surface area contributed by atoms with E-state index in [-0.39, 0.29) is 11.4 Å². The molecule has 0 heterocycles. The number of carbonyl (C=O) groups is 1. The van der Waals surface area contributed by atoms with Gasteiger partial charge in [-0.15, -0.1) is 0 Å². The van der Waals surface area contributed by atoms with Crippen molar-refractivity contribution in [3.63, 3.8) is 0 Å². The Morgan fingerprint density at radius 1 is 1.06 bits per heavy atom. The monoisotopic (exact) mass is 248 g/mol. The third-order valence-corrected chi connectivity index (χ3v) is 3.28. The molecule has 0 fully saturated rings. The molecule has 1 rings (SSSR count). The lowest BCUT2D eigenvalue weighted by Crippen LogP contribution is -2.43. The summed E-state index contributed by atoms with van der Waals surface area (Å²) in [6, 6.07) is 9.41. The summed E-state index contributed by atoms with van der Waals surface area (Å²) in [6.45, 7) is 8.13. The zero-order valence-electron chi connectivity index (χ0n) is 12.1. The van der Waals surface area contributed by atoms with Gasteiger partial charge in [-0.2, -0.15) is 0 Å². The SMILES string of the molecule is CN(CCN(C)C(C)(C)C)C(=O)c1ccccc1. The maximum atomic E-state index is 12.1. The molecule has 100 valence electrons. The molecule has 0 aliphatic carbocycles. The minimum Gasteiger partial charge on any atom is -0.340 e. The Morgan fingerprint density at radius 3 is 2.11 bits per heavy atom. The van der Waals surface area contributed by atoms with Crippen LogP contribution in [0.25, 0.3) is 0 Å². The Bertz CT molecular complexity index is 381. The van der Waals surface area contributed by atoms with Crippen LogP contribution in [0.3, 0.4) is 0 Å². The fourth-order valence-corrected chi connectivity index (χ4v) is 1.54. The predicted octanol–water partition coefficient (Wildman–Crippen LogP) is 2.49. The lowest BCUT2D eigenvalue weighted by molar-refractivity contribution is 0.0757. The zero-order valence-corrected chi connectivity index (χ0v) is 12.1. The molecular formula is C15H24N2O. The van der Waals surface area contributed by atoms with Crippen LogP contribution in [-0.2, 0) is 0 Å². The molecule has 18 heavy (non-hydrogen) atoms. The number of carbonyl (C=O) groups excluding carboxylic acids is 1. The van der Waals surface area contributed by atoms with Gasteiger partial charge in [0.2, 0.25) is 0 Å². The molecule has 0 radical (unpaired) electrons. The average Bonchev–Trinajstić information content (AvgIpc) is 2.34. The van der Waals surface area contributed by atoms with Crippen LogP contribution in [0.5, 0.6) is 0 Å². The molecule has 0 bridgehead atoms. The van der Waals surface area contributed by atoms with Crippen molar-refractivity contribution in [1.29, 1.82) is 0 Å². The highest BCUT2D eigenvalue weighted by molar-refractivity contribution is 5.93. The highest BCUT2D eigenvalue weighted by atomic mass is 16.2. The quantitative estimate of drug-likeness (QED) is 0.817. The first-order chi connectivity index (χ1) is 8.32. The fourth-order valence-electron chi connectivity index (χ4n) is 1.54. The van der Waals surface area contributed by atoms with E-state index in [1.807, 2.05) is 37.4 Å². The molecular weight excluding hydrogens is 224 g/mol. The summed E-state index contributed by atoms with van der Waals surface area (Å²) in [6.07, 6.45) is 0. The van der Waals surface area contributed by atoms with Crippen LogP contribution in [0.2, 0.25) is 0 Å². The third-order valence-electron chi connectivity index (χ3n) is 3.28. The smallest absolute Gasteiger partial charge is 0.253 e. The van der Waals surface area contributed by atoms with Gasteiger partial charge in [0.1, 0.15) is 0 Å². The maximum absolute atomic E-state index is 12.1. The second kappa shape index (κ2) is 6.01. The van der Waals surface area contributed by atoms with Gasteiger partial charge in [-0.3, -0.25) is 9.69 Å². The van der Waals surface area contributed by atoms with Gasteiger partial charge in [0.05, 0.1) is 0 Å². The van der Waals surface area contributed by atoms with E-state index in [1.165, 1.54) is 0 Å². The summed E-state index contributed by atoms with van der Waals surface area (Å²) < 4.78 is 0. The normalized spacial score (nSPS) is 11.7. The van der Waals surface area contributed by atoms with Crippen LogP contribution in [0, 0.1) is 0 Å². The van der Waals surface area contributed by atoms with Crippen molar-refractivity contribution in [3.05, 3.63) is 35.9 Å². The lowest BCUT2D eigenvalue weighted by atomic mass is 10.1. The molecule has 0 unspecified atom stereocenters. The Balaban J connectivity index is 2.52. The summed E-state index contributed by atoms with van der Waals surface area (Å²) in [5, 5.41) is 0. The molecule has 0 aliphatic heterocycles. The van der Waals surface area contributed by atoms with Crippen LogP contribution in [0.1, 0.15) is 31.1 Å². The van der Waals surface area contributed by atoms with Gasteiger partial charge in [-0.1, -0.05) is 18.2 Å². The second-order valence-electron chi connectivity index (χ2n) is 5.69. The average molecular weight is 248 g/mol. The van der Waals surface area contributed by atoms with E-state index in [4.69, 9.17) is 0 Å². The number of likely N-dealkylation sites (N-methyl/N-ethyl adjacent to an activating group) is 2. The molecule has 1 aromatic rings. The van der Waals surface area contributed by atoms with Gasteiger partial charge in [0, 0.05) is 31.2 Å². The molecule has 3 heteroatoms. The highest BCUT2D eigenvalue weighted by Gasteiger charge is 2.18. The van der Waals surface area contributed by atoms with Crippen molar-refractivity contribution in [2.24, 2.45) is 0 Å². The summed E-state index contributed by atoms with van der Waals surface area (Å²) in [5.74, 6) is 0.0814. The van der Waals surface area contributed by atoms with Gasteiger partial charge < -0.3 is 4.90 Å². The van der Waals surface area contributed by atoms with Gasteiger partial charge in [-0.05, 0) is 40.0 Å². The van der Waals surface area contributed by atoms with E-state index in [9.17, 15) is 4.79 Å². The van der Waals surface area contributed by atoms with Crippen LogP contribution < -0.4 is 0 Å². The standard InChI is InChI=1S/C15H24N2O/c1-15(2,3)17(5)12-11-16(4)14(18)13-9-7-6-8-10-13/h6-10H,11-12H2,1-5H3. The minimum atomic E-state index is 0.0814. The number of nitrogens with zero attached hydrogens (tertiary/aromatic N) is 2. The van der Waals surface area contributed by atoms with Crippen molar-refractivity contribution < 1.29 is 4.79 Å². The molecule has 0 saturated carbocycles. The van der Waals surface area contributed by atoms with Gasteiger partial charge in [0.15, 0.2) is 0 Å². The van der Waals surface area contributed by atoms with E-state index in [2.05, 4.69) is 32.7 Å². The van der Waals surface area contributed by atoms with E-state index < -0.39 is 0 Å². The first-order valence-electron chi connectivity index (χ1n) is 6.34. The zero-order chi connectivity index (χ0) is 13.8. The van der Waals surface area contributed by atoms with Crippen molar-refractivity contribution in [2.45, 2.75) is 26.3 Å². The molecule has 0 aliphatic rings. The van der Waals surface area contributed by atoms with Crippen LogP contribution in [0.4, 0.5) is 0 Å². The predicted molar refractivity (Wildman–Crippen MR) is 75.8 cm³/mol. The molecule has 0 saturated heterocycles. The second-order valence-corrected chi connectivity index (χ2v) is 5.69. The largest absolute Gasteiger partial charge is 0.340 e. The Kier molecular flexibility index (Phi) is 4.91. The van der Waals surface area contributed by atoms with Gasteiger partial charge >= 0.3 is 0 Å². The van der Waals surface area contributed by atoms with Crippen LogP contribution in [0.15, 0.2) is 30.3 Å². The summed E-state index contributed by atoms with van der Waals surface area (Å²) in [7, 11) is 3.94. The third kappa shape index (κ3) is 4.15. The molecule has 3 nitrogen and oxygen atoms in total. The minimum absolute atomic E-state index is 0.0814. The molecule has 0 N–H and O–H groups in total. The molecule has 0 spiro atoms. The van der Waals surface area contributed by atoms with E-state index in [1.54, 1.807) is 4.90 Å². The van der Waals surface area contributed by atoms with Gasteiger partial charge in [-0.25, -0.2) is 0 Å². The molecule has 0 aromatic heterocycles. The summed E-state index contributed by atoms with van der Waals surface area (Å²) in [4.78, 5) is 16.1. The Morgan fingerprint density at radius 2 is 1.61 bits per heavy atom. The van der Waals surface area contributed by atoms with E-state index in [0.717, 1.165) is 18.7 Å². The fraction of sp³-hybridized carbons (Fsp3) is 0.533. The molecule has 1 aromatic carbocycles. The highest BCUT2D eigenvalue weighted by Crippen LogP contribution is 2.10. The van der Waals surface area contributed by atoms with Crippen molar-refractivity contribution in [1.82, 2.24) is 9.80 Å². The number of amides is 1. The summed E-state index contributed by atoms with van der Waals surface area (Å²) in [5.41, 5.74) is 0.884. The maximum Gasteiger partial charge on any atom is 0.253 e. The van der Waals surface area contributed by atoms with Crippen LogP contribution >= 0.6 is 0 Å². The van der Waals surface area contributed by atoms with E-state index >= 15 is 0 Å². The molecule has 0 atom stereocenters. The number of hydrogen-bond acceptors (Lipinski definition) is 2. The number of hydrogen-bond donors (Lipinski definition) is 0. The first-order valence-corrected chi connectivity index (χ1v) is 6.34. The summed E-state index contributed by atoms with van der Waals surface area (Å²) >= 11 is 0. The van der Waals surface area contributed by atoms with Crippen molar-refractivity contribution in [2.75, 3.05) is 27.2 Å². The molecule has 1 amide bonds. The lowest BCUT2D eigenvalue weighted by Gasteiger charge is -2.33.